The second-order valence-corrected chi connectivity index (χ2v) is 6.48. The van der Waals surface area contributed by atoms with Crippen molar-refractivity contribution in [3.05, 3.63) is 40.6 Å². The highest BCUT2D eigenvalue weighted by Crippen LogP contribution is 2.32. The predicted octanol–water partition coefficient (Wildman–Crippen LogP) is 3.94. The molecule has 0 saturated carbocycles. The van der Waals surface area contributed by atoms with Gasteiger partial charge in [0.2, 0.25) is 0 Å². The fourth-order valence-corrected chi connectivity index (χ4v) is 3.79. The summed E-state index contributed by atoms with van der Waals surface area (Å²) in [6.45, 7) is 6.28. The third-order valence-corrected chi connectivity index (χ3v) is 4.84. The van der Waals surface area contributed by atoms with Gasteiger partial charge in [0.05, 0.1) is 9.90 Å². The SMILES string of the molecule is Cc1cc(C)cc(CSc2sc(N)nc2C)c1. The van der Waals surface area contributed by atoms with Crippen molar-refractivity contribution in [3.8, 4) is 0 Å². The van der Waals surface area contributed by atoms with Gasteiger partial charge in [0.25, 0.3) is 0 Å². The van der Waals surface area contributed by atoms with Gasteiger partial charge in [-0.15, -0.1) is 11.8 Å². The van der Waals surface area contributed by atoms with Crippen molar-refractivity contribution in [2.45, 2.75) is 30.7 Å². The van der Waals surface area contributed by atoms with E-state index in [1.807, 2.05) is 18.7 Å². The van der Waals surface area contributed by atoms with Crippen molar-refractivity contribution in [3.63, 3.8) is 0 Å². The molecule has 2 aromatic rings. The lowest BCUT2D eigenvalue weighted by Gasteiger charge is -2.04. The average Bonchev–Trinajstić information content (AvgIpc) is 2.53. The first-order valence-electron chi connectivity index (χ1n) is 5.47. The number of nitrogen functional groups attached to an aromatic ring is 1. The molecule has 0 aliphatic carbocycles. The van der Waals surface area contributed by atoms with Crippen molar-refractivity contribution < 1.29 is 0 Å². The zero-order valence-corrected chi connectivity index (χ0v) is 11.9. The third-order valence-electron chi connectivity index (χ3n) is 2.42. The molecule has 2 nitrogen and oxygen atoms in total. The molecule has 2 rings (SSSR count). The summed E-state index contributed by atoms with van der Waals surface area (Å²) in [6.07, 6.45) is 0. The largest absolute Gasteiger partial charge is 0.375 e. The number of benzene rings is 1. The second-order valence-electron chi connectivity index (χ2n) is 4.21. The maximum atomic E-state index is 5.69. The van der Waals surface area contributed by atoms with Crippen LogP contribution in [0.3, 0.4) is 0 Å². The van der Waals surface area contributed by atoms with Crippen LogP contribution in [0.1, 0.15) is 22.4 Å². The molecule has 0 fully saturated rings. The molecule has 1 aromatic heterocycles. The Morgan fingerprint density at radius 1 is 1.18 bits per heavy atom. The Morgan fingerprint density at radius 3 is 2.35 bits per heavy atom. The van der Waals surface area contributed by atoms with Crippen LogP contribution < -0.4 is 5.73 Å². The Morgan fingerprint density at radius 2 is 1.82 bits per heavy atom. The lowest BCUT2D eigenvalue weighted by Crippen LogP contribution is -1.85. The summed E-state index contributed by atoms with van der Waals surface area (Å²) in [7, 11) is 0. The van der Waals surface area contributed by atoms with E-state index >= 15 is 0 Å². The molecular formula is C13H16N2S2. The first-order chi connectivity index (χ1) is 8.04. The van der Waals surface area contributed by atoms with Gasteiger partial charge in [-0.05, 0) is 26.3 Å². The minimum absolute atomic E-state index is 0.658. The van der Waals surface area contributed by atoms with Gasteiger partial charge in [-0.2, -0.15) is 0 Å². The molecule has 0 aliphatic rings. The smallest absolute Gasteiger partial charge is 0.181 e. The van der Waals surface area contributed by atoms with E-state index in [9.17, 15) is 0 Å². The average molecular weight is 264 g/mol. The number of nitrogens with two attached hydrogens (primary N) is 1. The molecule has 4 heteroatoms. The molecule has 17 heavy (non-hydrogen) atoms. The summed E-state index contributed by atoms with van der Waals surface area (Å²) in [5.74, 6) is 0.977. The Balaban J connectivity index is 2.09. The highest BCUT2D eigenvalue weighted by molar-refractivity contribution is 8.00. The van der Waals surface area contributed by atoms with Crippen LogP contribution in [0.15, 0.2) is 22.4 Å². The van der Waals surface area contributed by atoms with E-state index in [0.29, 0.717) is 5.13 Å². The van der Waals surface area contributed by atoms with Gasteiger partial charge >= 0.3 is 0 Å². The number of thiazole rings is 1. The van der Waals surface area contributed by atoms with Crippen molar-refractivity contribution in [1.29, 1.82) is 0 Å². The van der Waals surface area contributed by atoms with Gasteiger partial charge in [-0.25, -0.2) is 4.98 Å². The molecule has 1 heterocycles. The van der Waals surface area contributed by atoms with Gasteiger partial charge in [0, 0.05) is 5.75 Å². The number of hydrogen-bond acceptors (Lipinski definition) is 4. The molecule has 0 amide bonds. The monoisotopic (exact) mass is 264 g/mol. The topological polar surface area (TPSA) is 38.9 Å². The van der Waals surface area contributed by atoms with Gasteiger partial charge in [-0.3, -0.25) is 0 Å². The number of rotatable bonds is 3. The maximum absolute atomic E-state index is 5.69. The zero-order valence-electron chi connectivity index (χ0n) is 10.3. The molecule has 1 aromatic carbocycles. The van der Waals surface area contributed by atoms with Crippen LogP contribution in [0.2, 0.25) is 0 Å². The van der Waals surface area contributed by atoms with Crippen LogP contribution in [0.5, 0.6) is 0 Å². The molecular weight excluding hydrogens is 248 g/mol. The first kappa shape index (κ1) is 12.5. The van der Waals surface area contributed by atoms with Gasteiger partial charge < -0.3 is 5.73 Å². The summed E-state index contributed by atoms with van der Waals surface area (Å²) >= 11 is 3.39. The van der Waals surface area contributed by atoms with E-state index in [1.54, 1.807) is 11.3 Å². The number of aryl methyl sites for hydroxylation is 3. The van der Waals surface area contributed by atoms with E-state index in [4.69, 9.17) is 5.73 Å². The van der Waals surface area contributed by atoms with Crippen LogP contribution in [0.25, 0.3) is 0 Å². The Labute approximate surface area is 110 Å². The quantitative estimate of drug-likeness (QED) is 0.853. The molecule has 0 unspecified atom stereocenters. The number of thioether (sulfide) groups is 1. The lowest BCUT2D eigenvalue weighted by atomic mass is 10.1. The summed E-state index contributed by atoms with van der Waals surface area (Å²) in [4.78, 5) is 4.23. The summed E-state index contributed by atoms with van der Waals surface area (Å²) < 4.78 is 1.22. The van der Waals surface area contributed by atoms with Gasteiger partial charge in [0.15, 0.2) is 5.13 Å². The van der Waals surface area contributed by atoms with E-state index < -0.39 is 0 Å². The lowest BCUT2D eigenvalue weighted by molar-refractivity contribution is 1.21. The standard InChI is InChI=1S/C13H16N2S2/c1-8-4-9(2)6-11(5-8)7-16-12-10(3)15-13(14)17-12/h4-6H,7H2,1-3H3,(H2,14,15). The summed E-state index contributed by atoms with van der Waals surface area (Å²) in [5.41, 5.74) is 10.7. The Bertz CT molecular complexity index is 512. The first-order valence-corrected chi connectivity index (χ1v) is 7.27. The molecule has 0 saturated heterocycles. The molecule has 0 aliphatic heterocycles. The van der Waals surface area contributed by atoms with Crippen LogP contribution in [-0.4, -0.2) is 4.98 Å². The van der Waals surface area contributed by atoms with Crippen molar-refractivity contribution >= 4 is 28.2 Å². The minimum atomic E-state index is 0.658. The number of aromatic nitrogens is 1. The van der Waals surface area contributed by atoms with Crippen molar-refractivity contribution in [2.24, 2.45) is 0 Å². The highest BCUT2D eigenvalue weighted by atomic mass is 32.2. The van der Waals surface area contributed by atoms with Gasteiger partial charge in [0.1, 0.15) is 0 Å². The number of nitrogens with zero attached hydrogens (tertiary/aromatic N) is 1. The maximum Gasteiger partial charge on any atom is 0.181 e. The highest BCUT2D eigenvalue weighted by Gasteiger charge is 2.06. The number of hydrogen-bond donors (Lipinski definition) is 1. The minimum Gasteiger partial charge on any atom is -0.375 e. The second kappa shape index (κ2) is 5.10. The van der Waals surface area contributed by atoms with E-state index in [2.05, 4.69) is 37.0 Å². The zero-order chi connectivity index (χ0) is 12.4. The normalized spacial score (nSPS) is 10.8. The van der Waals surface area contributed by atoms with Crippen molar-refractivity contribution in [1.82, 2.24) is 4.98 Å². The van der Waals surface area contributed by atoms with Crippen molar-refractivity contribution in [2.75, 3.05) is 5.73 Å². The fourth-order valence-electron chi connectivity index (χ4n) is 1.84. The summed E-state index contributed by atoms with van der Waals surface area (Å²) in [5, 5.41) is 0.658. The molecule has 0 spiro atoms. The van der Waals surface area contributed by atoms with E-state index in [1.165, 1.54) is 20.9 Å². The van der Waals surface area contributed by atoms with Crippen LogP contribution in [0, 0.1) is 20.8 Å². The van der Waals surface area contributed by atoms with Crippen LogP contribution in [0.4, 0.5) is 5.13 Å². The van der Waals surface area contributed by atoms with Gasteiger partial charge in [-0.1, -0.05) is 40.7 Å². The van der Waals surface area contributed by atoms with E-state index in [0.717, 1.165) is 11.4 Å². The third kappa shape index (κ3) is 3.23. The molecule has 0 bridgehead atoms. The Hall–Kier alpha value is -1.00. The Kier molecular flexibility index (Phi) is 3.74. The molecule has 0 radical (unpaired) electrons. The molecule has 0 atom stereocenters. The van der Waals surface area contributed by atoms with Crippen LogP contribution >= 0.6 is 23.1 Å². The predicted molar refractivity (Wildman–Crippen MR) is 76.7 cm³/mol. The molecule has 2 N–H and O–H groups in total. The molecule has 90 valence electrons. The summed E-state index contributed by atoms with van der Waals surface area (Å²) in [6, 6.07) is 6.67. The van der Waals surface area contributed by atoms with Crippen LogP contribution in [-0.2, 0) is 5.75 Å². The van der Waals surface area contributed by atoms with E-state index in [-0.39, 0.29) is 0 Å². The fraction of sp³-hybridized carbons (Fsp3) is 0.308. The number of anilines is 1.